The molecule has 1 aliphatic heterocycles. The van der Waals surface area contributed by atoms with Crippen molar-refractivity contribution in [3.05, 3.63) is 23.6 Å². The van der Waals surface area contributed by atoms with Crippen LogP contribution in [-0.4, -0.2) is 17.7 Å². The van der Waals surface area contributed by atoms with Crippen LogP contribution < -0.4 is 5.32 Å². The van der Waals surface area contributed by atoms with Crippen molar-refractivity contribution in [2.24, 2.45) is 5.92 Å². The lowest BCUT2D eigenvalue weighted by Crippen LogP contribution is -2.22. The van der Waals surface area contributed by atoms with Gasteiger partial charge in [0.15, 0.2) is 5.76 Å². The van der Waals surface area contributed by atoms with Gasteiger partial charge in [0.2, 0.25) is 0 Å². The molecule has 1 aliphatic carbocycles. The molecule has 2 unspecified atom stereocenters. The predicted octanol–water partition coefficient (Wildman–Crippen LogP) is 1.75. The Labute approximate surface area is 83.2 Å². The van der Waals surface area contributed by atoms with Gasteiger partial charge in [0.25, 0.3) is 0 Å². The second kappa shape index (κ2) is 2.95. The van der Waals surface area contributed by atoms with E-state index in [0.29, 0.717) is 6.04 Å². The topological polar surface area (TPSA) is 38.1 Å². The van der Waals surface area contributed by atoms with E-state index < -0.39 is 0 Å². The first kappa shape index (κ1) is 8.24. The third-order valence-electron chi connectivity index (χ3n) is 3.20. The van der Waals surface area contributed by atoms with Crippen molar-refractivity contribution < 1.29 is 4.52 Å². The molecule has 1 aromatic heterocycles. The van der Waals surface area contributed by atoms with Crippen LogP contribution in [0.2, 0.25) is 0 Å². The summed E-state index contributed by atoms with van der Waals surface area (Å²) in [4.78, 5) is 0. The second-order valence-electron chi connectivity index (χ2n) is 4.24. The molecular formula is C11H14N2O. The maximum absolute atomic E-state index is 5.27. The van der Waals surface area contributed by atoms with Gasteiger partial charge >= 0.3 is 0 Å². The zero-order chi connectivity index (χ0) is 9.54. The smallest absolute Gasteiger partial charge is 0.162 e. The Morgan fingerprint density at radius 2 is 2.50 bits per heavy atom. The Morgan fingerprint density at radius 3 is 3.21 bits per heavy atom. The van der Waals surface area contributed by atoms with Gasteiger partial charge < -0.3 is 9.84 Å². The molecule has 0 saturated carbocycles. The zero-order valence-corrected chi connectivity index (χ0v) is 8.29. The molecule has 3 rings (SSSR count). The molecule has 74 valence electrons. The van der Waals surface area contributed by atoms with Crippen molar-refractivity contribution in [3.63, 3.8) is 0 Å². The molecule has 0 amide bonds. The maximum atomic E-state index is 5.27. The lowest BCUT2D eigenvalue weighted by Gasteiger charge is -2.06. The fourth-order valence-corrected chi connectivity index (χ4v) is 2.47. The molecular weight excluding hydrogens is 176 g/mol. The number of nitrogens with zero attached hydrogens (tertiary/aromatic N) is 1. The first-order valence-corrected chi connectivity index (χ1v) is 5.21. The first-order chi connectivity index (χ1) is 6.83. The summed E-state index contributed by atoms with van der Waals surface area (Å²) in [5.41, 5.74) is 2.29. The van der Waals surface area contributed by atoms with E-state index >= 15 is 0 Å². The number of aryl methyl sites for hydroxylation is 1. The highest BCUT2D eigenvalue weighted by Gasteiger charge is 2.32. The van der Waals surface area contributed by atoms with Gasteiger partial charge in [0.05, 0.1) is 5.69 Å². The summed E-state index contributed by atoms with van der Waals surface area (Å²) in [5.74, 6) is 1.68. The van der Waals surface area contributed by atoms with Gasteiger partial charge in [-0.2, -0.15) is 0 Å². The highest BCUT2D eigenvalue weighted by Crippen LogP contribution is 2.36. The van der Waals surface area contributed by atoms with Crippen LogP contribution in [0.4, 0.5) is 0 Å². The number of nitrogens with one attached hydrogen (secondary N) is 1. The van der Waals surface area contributed by atoms with Crippen LogP contribution in [0, 0.1) is 12.8 Å². The van der Waals surface area contributed by atoms with Gasteiger partial charge in [-0.3, -0.25) is 0 Å². The largest absolute Gasteiger partial charge is 0.356 e. The van der Waals surface area contributed by atoms with E-state index in [1.807, 2.05) is 13.0 Å². The molecule has 3 nitrogen and oxygen atoms in total. The molecule has 2 atom stereocenters. The molecule has 0 spiro atoms. The van der Waals surface area contributed by atoms with E-state index in [2.05, 4.69) is 16.5 Å². The van der Waals surface area contributed by atoms with E-state index in [0.717, 1.165) is 30.3 Å². The quantitative estimate of drug-likeness (QED) is 0.733. The molecule has 1 fully saturated rings. The minimum absolute atomic E-state index is 0.649. The van der Waals surface area contributed by atoms with Gasteiger partial charge in [0.1, 0.15) is 0 Å². The van der Waals surface area contributed by atoms with Crippen LogP contribution in [0.15, 0.2) is 16.7 Å². The van der Waals surface area contributed by atoms with Crippen molar-refractivity contribution in [1.29, 1.82) is 0 Å². The lowest BCUT2D eigenvalue weighted by molar-refractivity contribution is 0.404. The molecule has 0 radical (unpaired) electrons. The van der Waals surface area contributed by atoms with Crippen LogP contribution in [0.3, 0.4) is 0 Å². The number of hydrogen-bond acceptors (Lipinski definition) is 3. The summed E-state index contributed by atoms with van der Waals surface area (Å²) in [7, 11) is 0. The zero-order valence-electron chi connectivity index (χ0n) is 8.29. The van der Waals surface area contributed by atoms with E-state index in [-0.39, 0.29) is 0 Å². The van der Waals surface area contributed by atoms with E-state index in [1.165, 1.54) is 12.0 Å². The molecule has 0 bridgehead atoms. The summed E-state index contributed by atoms with van der Waals surface area (Å²) in [5, 5.41) is 7.43. The fourth-order valence-electron chi connectivity index (χ4n) is 2.47. The van der Waals surface area contributed by atoms with Crippen LogP contribution in [0.25, 0.3) is 5.57 Å². The van der Waals surface area contributed by atoms with Crippen molar-refractivity contribution >= 4 is 5.57 Å². The molecule has 3 heteroatoms. The predicted molar refractivity (Wildman–Crippen MR) is 53.7 cm³/mol. The third kappa shape index (κ3) is 1.20. The molecule has 2 aliphatic rings. The van der Waals surface area contributed by atoms with Gasteiger partial charge in [-0.1, -0.05) is 11.2 Å². The van der Waals surface area contributed by atoms with Crippen LogP contribution >= 0.6 is 0 Å². The van der Waals surface area contributed by atoms with Crippen molar-refractivity contribution in [3.8, 4) is 0 Å². The average molecular weight is 190 g/mol. The number of rotatable bonds is 1. The summed E-state index contributed by atoms with van der Waals surface area (Å²) in [6.07, 6.45) is 4.71. The fraction of sp³-hybridized carbons (Fsp3) is 0.545. The van der Waals surface area contributed by atoms with E-state index in [1.54, 1.807) is 0 Å². The SMILES string of the molecule is Cc1cc(C2=CC3CCNC3C2)on1. The number of hydrogen-bond donors (Lipinski definition) is 1. The summed E-state index contributed by atoms with van der Waals surface area (Å²) >= 11 is 0. The molecule has 1 aromatic rings. The summed E-state index contributed by atoms with van der Waals surface area (Å²) in [6, 6.07) is 2.67. The monoisotopic (exact) mass is 190 g/mol. The third-order valence-corrected chi connectivity index (χ3v) is 3.20. The normalized spacial score (nSPS) is 30.5. The van der Waals surface area contributed by atoms with Crippen molar-refractivity contribution in [2.45, 2.75) is 25.8 Å². The Bertz CT molecular complexity index is 380. The Hall–Kier alpha value is -1.09. The Balaban J connectivity index is 1.87. The Kier molecular flexibility index (Phi) is 1.74. The van der Waals surface area contributed by atoms with Gasteiger partial charge in [-0.25, -0.2) is 0 Å². The molecule has 1 N–H and O–H groups in total. The lowest BCUT2D eigenvalue weighted by atomic mass is 10.1. The van der Waals surface area contributed by atoms with Crippen molar-refractivity contribution in [1.82, 2.24) is 10.5 Å². The number of fused-ring (bicyclic) bond motifs is 1. The highest BCUT2D eigenvalue weighted by atomic mass is 16.5. The molecule has 0 aromatic carbocycles. The van der Waals surface area contributed by atoms with Crippen LogP contribution in [0.5, 0.6) is 0 Å². The van der Waals surface area contributed by atoms with Crippen LogP contribution in [-0.2, 0) is 0 Å². The van der Waals surface area contributed by atoms with Crippen LogP contribution in [0.1, 0.15) is 24.3 Å². The van der Waals surface area contributed by atoms with E-state index in [9.17, 15) is 0 Å². The second-order valence-corrected chi connectivity index (χ2v) is 4.24. The molecule has 2 heterocycles. The molecule has 1 saturated heterocycles. The van der Waals surface area contributed by atoms with Gasteiger partial charge in [-0.15, -0.1) is 0 Å². The average Bonchev–Trinajstić information content (AvgIpc) is 2.75. The molecule has 14 heavy (non-hydrogen) atoms. The maximum Gasteiger partial charge on any atom is 0.162 e. The van der Waals surface area contributed by atoms with Gasteiger partial charge in [-0.05, 0) is 37.8 Å². The Morgan fingerprint density at radius 1 is 1.57 bits per heavy atom. The summed E-state index contributed by atoms with van der Waals surface area (Å²) in [6.45, 7) is 3.12. The standard InChI is InChI=1S/C11H14N2O/c1-7-4-11(14-13-7)9-5-8-2-3-12-10(8)6-9/h4-5,8,10,12H,2-3,6H2,1H3. The highest BCUT2D eigenvalue weighted by molar-refractivity contribution is 5.65. The minimum atomic E-state index is 0.649. The van der Waals surface area contributed by atoms with Gasteiger partial charge in [0, 0.05) is 12.1 Å². The number of aromatic nitrogens is 1. The van der Waals surface area contributed by atoms with E-state index in [4.69, 9.17) is 4.52 Å². The first-order valence-electron chi connectivity index (χ1n) is 5.21. The van der Waals surface area contributed by atoms with Crippen molar-refractivity contribution in [2.75, 3.05) is 6.54 Å². The summed E-state index contributed by atoms with van der Waals surface area (Å²) < 4.78 is 5.27. The minimum Gasteiger partial charge on any atom is -0.356 e.